The minimum Gasteiger partial charge on any atom is -0.495 e. The van der Waals surface area contributed by atoms with Gasteiger partial charge in [-0.05, 0) is 24.3 Å². The molecule has 120 valence electrons. The number of halogens is 1. The van der Waals surface area contributed by atoms with Crippen molar-refractivity contribution < 1.29 is 13.9 Å². The smallest absolute Gasteiger partial charge is 0.258 e. The van der Waals surface area contributed by atoms with Crippen LogP contribution in [0.2, 0.25) is 0 Å². The normalized spacial score (nSPS) is 14.7. The Morgan fingerprint density at radius 1 is 1.13 bits per heavy atom. The highest BCUT2D eigenvalue weighted by Gasteiger charge is 2.25. The van der Waals surface area contributed by atoms with Crippen molar-refractivity contribution in [2.24, 2.45) is 0 Å². The molecule has 3 rings (SSSR count). The Balaban J connectivity index is 1.69. The predicted molar refractivity (Wildman–Crippen MR) is 85.3 cm³/mol. The third kappa shape index (κ3) is 3.11. The van der Waals surface area contributed by atoms with E-state index >= 15 is 0 Å². The number of nitrogens with zero attached hydrogens (tertiary/aromatic N) is 3. The summed E-state index contributed by atoms with van der Waals surface area (Å²) in [5.74, 6) is -0.217. The maximum Gasteiger partial charge on any atom is 0.258 e. The standard InChI is InChI=1S/C17H18FN3O2/c1-23-15-7-3-2-6-14(15)20-9-11-21(12-10-20)17(22)13-5-4-8-19-16(13)18/h2-8H,9-12H2,1H3. The first-order valence-corrected chi connectivity index (χ1v) is 7.48. The van der Waals surface area contributed by atoms with E-state index in [0.717, 1.165) is 11.4 Å². The summed E-state index contributed by atoms with van der Waals surface area (Å²) in [7, 11) is 1.64. The molecule has 23 heavy (non-hydrogen) atoms. The van der Waals surface area contributed by atoms with Gasteiger partial charge in [0.1, 0.15) is 5.75 Å². The number of aromatic nitrogens is 1. The van der Waals surface area contributed by atoms with Crippen molar-refractivity contribution in [2.75, 3.05) is 38.2 Å². The molecule has 5 nitrogen and oxygen atoms in total. The monoisotopic (exact) mass is 315 g/mol. The quantitative estimate of drug-likeness (QED) is 0.815. The molecule has 2 heterocycles. The van der Waals surface area contributed by atoms with Crippen molar-refractivity contribution in [1.29, 1.82) is 0 Å². The Morgan fingerprint density at radius 2 is 1.87 bits per heavy atom. The van der Waals surface area contributed by atoms with Gasteiger partial charge in [0.15, 0.2) is 0 Å². The van der Waals surface area contributed by atoms with E-state index in [4.69, 9.17) is 4.74 Å². The fraction of sp³-hybridized carbons (Fsp3) is 0.294. The molecule has 1 aromatic carbocycles. The predicted octanol–water partition coefficient (Wildman–Crippen LogP) is 2.19. The lowest BCUT2D eigenvalue weighted by Gasteiger charge is -2.36. The number of benzene rings is 1. The van der Waals surface area contributed by atoms with Crippen molar-refractivity contribution in [1.82, 2.24) is 9.88 Å². The Labute approximate surface area is 134 Å². The van der Waals surface area contributed by atoms with E-state index in [2.05, 4.69) is 9.88 Å². The van der Waals surface area contributed by atoms with Crippen molar-refractivity contribution >= 4 is 11.6 Å². The molecule has 0 spiro atoms. The molecular weight excluding hydrogens is 297 g/mol. The number of hydrogen-bond donors (Lipinski definition) is 0. The summed E-state index contributed by atoms with van der Waals surface area (Å²) in [6.07, 6.45) is 1.34. The largest absolute Gasteiger partial charge is 0.495 e. The molecule has 2 aromatic rings. The molecule has 1 aliphatic rings. The van der Waals surface area contributed by atoms with Gasteiger partial charge in [-0.15, -0.1) is 0 Å². The van der Waals surface area contributed by atoms with E-state index in [-0.39, 0.29) is 11.5 Å². The summed E-state index contributed by atoms with van der Waals surface area (Å²) < 4.78 is 19.0. The molecule has 0 aliphatic carbocycles. The van der Waals surface area contributed by atoms with Crippen molar-refractivity contribution in [2.45, 2.75) is 0 Å². The molecule has 0 unspecified atom stereocenters. The number of anilines is 1. The van der Waals surface area contributed by atoms with E-state index in [9.17, 15) is 9.18 Å². The first kappa shape index (κ1) is 15.3. The maximum absolute atomic E-state index is 13.6. The van der Waals surface area contributed by atoms with Crippen LogP contribution in [0.3, 0.4) is 0 Å². The van der Waals surface area contributed by atoms with Crippen LogP contribution < -0.4 is 9.64 Å². The average molecular weight is 315 g/mol. The van der Waals surface area contributed by atoms with E-state index in [1.54, 1.807) is 18.1 Å². The molecule has 0 atom stereocenters. The second-order valence-electron chi connectivity index (χ2n) is 5.29. The third-order valence-electron chi connectivity index (χ3n) is 3.98. The van der Waals surface area contributed by atoms with Gasteiger partial charge in [-0.25, -0.2) is 4.98 Å². The number of ether oxygens (including phenoxy) is 1. The SMILES string of the molecule is COc1ccccc1N1CCN(C(=O)c2cccnc2F)CC1. The Kier molecular flexibility index (Phi) is 4.41. The van der Waals surface area contributed by atoms with Gasteiger partial charge in [-0.1, -0.05) is 12.1 Å². The molecule has 1 saturated heterocycles. The summed E-state index contributed by atoms with van der Waals surface area (Å²) in [6.45, 7) is 2.42. The minimum atomic E-state index is -0.718. The number of carbonyl (C=O) groups excluding carboxylic acids is 1. The van der Waals surface area contributed by atoms with Crippen LogP contribution in [0.1, 0.15) is 10.4 Å². The van der Waals surface area contributed by atoms with E-state index < -0.39 is 5.95 Å². The molecule has 0 bridgehead atoms. The maximum atomic E-state index is 13.6. The number of hydrogen-bond acceptors (Lipinski definition) is 4. The number of para-hydroxylation sites is 2. The molecule has 1 aromatic heterocycles. The zero-order chi connectivity index (χ0) is 16.2. The van der Waals surface area contributed by atoms with Crippen LogP contribution in [0.5, 0.6) is 5.75 Å². The number of piperazine rings is 1. The van der Waals surface area contributed by atoms with Crippen LogP contribution in [0.4, 0.5) is 10.1 Å². The van der Waals surface area contributed by atoms with Crippen LogP contribution in [0.15, 0.2) is 42.6 Å². The summed E-state index contributed by atoms with van der Waals surface area (Å²) in [5, 5.41) is 0. The number of carbonyl (C=O) groups is 1. The topological polar surface area (TPSA) is 45.7 Å². The zero-order valence-corrected chi connectivity index (χ0v) is 12.9. The summed E-state index contributed by atoms with van der Waals surface area (Å²) in [6, 6.07) is 10.8. The minimum absolute atomic E-state index is 0.0261. The van der Waals surface area contributed by atoms with E-state index in [1.807, 2.05) is 24.3 Å². The molecule has 0 N–H and O–H groups in total. The highest BCUT2D eigenvalue weighted by atomic mass is 19.1. The van der Waals surface area contributed by atoms with Crippen LogP contribution in [-0.2, 0) is 0 Å². The van der Waals surface area contributed by atoms with Crippen LogP contribution in [0, 0.1) is 5.95 Å². The van der Waals surface area contributed by atoms with E-state index in [1.165, 1.54) is 12.3 Å². The van der Waals surface area contributed by atoms with Gasteiger partial charge in [-0.2, -0.15) is 4.39 Å². The van der Waals surface area contributed by atoms with Crippen LogP contribution in [0.25, 0.3) is 0 Å². The van der Waals surface area contributed by atoms with Crippen molar-refractivity contribution in [3.63, 3.8) is 0 Å². The molecular formula is C17H18FN3O2. The first-order chi connectivity index (χ1) is 11.2. The number of amides is 1. The first-order valence-electron chi connectivity index (χ1n) is 7.48. The van der Waals surface area contributed by atoms with Gasteiger partial charge in [-0.3, -0.25) is 4.79 Å². The number of methoxy groups -OCH3 is 1. The highest BCUT2D eigenvalue weighted by Crippen LogP contribution is 2.28. The van der Waals surface area contributed by atoms with Gasteiger partial charge in [0.05, 0.1) is 18.4 Å². The summed E-state index contributed by atoms with van der Waals surface area (Å²) in [5.41, 5.74) is 1.04. The summed E-state index contributed by atoms with van der Waals surface area (Å²) in [4.78, 5) is 19.8. The van der Waals surface area contributed by atoms with Gasteiger partial charge >= 0.3 is 0 Å². The van der Waals surface area contributed by atoms with Gasteiger partial charge in [0.25, 0.3) is 5.91 Å². The van der Waals surface area contributed by atoms with Crippen LogP contribution >= 0.6 is 0 Å². The lowest BCUT2D eigenvalue weighted by atomic mass is 10.2. The highest BCUT2D eigenvalue weighted by molar-refractivity contribution is 5.94. The second-order valence-corrected chi connectivity index (χ2v) is 5.29. The molecule has 1 fully saturated rings. The van der Waals surface area contributed by atoms with E-state index in [0.29, 0.717) is 26.2 Å². The Bertz CT molecular complexity index is 700. The summed E-state index contributed by atoms with van der Waals surface area (Å²) >= 11 is 0. The van der Waals surface area contributed by atoms with Crippen molar-refractivity contribution in [3.05, 3.63) is 54.1 Å². The fourth-order valence-electron chi connectivity index (χ4n) is 2.76. The molecule has 6 heteroatoms. The molecule has 1 aliphatic heterocycles. The second kappa shape index (κ2) is 6.64. The molecule has 1 amide bonds. The Hall–Kier alpha value is -2.63. The third-order valence-corrected chi connectivity index (χ3v) is 3.98. The number of rotatable bonds is 3. The average Bonchev–Trinajstić information content (AvgIpc) is 2.61. The van der Waals surface area contributed by atoms with Crippen molar-refractivity contribution in [3.8, 4) is 5.75 Å². The molecule has 0 saturated carbocycles. The van der Waals surface area contributed by atoms with Crippen LogP contribution in [-0.4, -0.2) is 49.1 Å². The van der Waals surface area contributed by atoms with Gasteiger partial charge in [0, 0.05) is 32.4 Å². The lowest BCUT2D eigenvalue weighted by molar-refractivity contribution is 0.0741. The number of pyridine rings is 1. The molecule has 0 radical (unpaired) electrons. The fourth-order valence-corrected chi connectivity index (χ4v) is 2.76. The Morgan fingerprint density at radius 3 is 2.57 bits per heavy atom. The lowest BCUT2D eigenvalue weighted by Crippen LogP contribution is -2.49. The van der Waals surface area contributed by atoms with Gasteiger partial charge < -0.3 is 14.5 Å². The zero-order valence-electron chi connectivity index (χ0n) is 12.9. The van der Waals surface area contributed by atoms with Gasteiger partial charge in [0.2, 0.25) is 5.95 Å².